The van der Waals surface area contributed by atoms with E-state index in [0.29, 0.717) is 10.9 Å². The van der Waals surface area contributed by atoms with Gasteiger partial charge >= 0.3 is 0 Å². The van der Waals surface area contributed by atoms with Crippen LogP contribution in [0.15, 0.2) is 30.5 Å². The highest BCUT2D eigenvalue weighted by Crippen LogP contribution is 2.16. The van der Waals surface area contributed by atoms with Crippen LogP contribution in [0.3, 0.4) is 0 Å². The predicted octanol–water partition coefficient (Wildman–Crippen LogP) is 2.78. The lowest BCUT2D eigenvalue weighted by Crippen LogP contribution is -2.19. The highest BCUT2D eigenvalue weighted by atomic mass is 32.1. The van der Waals surface area contributed by atoms with E-state index in [0.717, 1.165) is 10.4 Å². The topological polar surface area (TPSA) is 51.2 Å². The number of benzene rings is 1. The molecule has 0 saturated carbocycles. The van der Waals surface area contributed by atoms with Gasteiger partial charge in [-0.05, 0) is 31.5 Å². The van der Waals surface area contributed by atoms with Crippen LogP contribution in [0.4, 0.5) is 5.13 Å². The van der Waals surface area contributed by atoms with E-state index in [9.17, 15) is 4.79 Å². The summed E-state index contributed by atoms with van der Waals surface area (Å²) >= 11 is 1.44. The standard InChI is InChI=1S/C13H14N2O2S/c1-9-4-3-5-11(6-9)17-8-12(16)15-13-14-7-10(2)18-13/h3-7H,8H2,1-2H3,(H,14,15,16). The number of anilines is 1. The Morgan fingerprint density at radius 3 is 2.94 bits per heavy atom. The van der Waals surface area contributed by atoms with Gasteiger partial charge in [0, 0.05) is 11.1 Å². The zero-order chi connectivity index (χ0) is 13.0. The van der Waals surface area contributed by atoms with Crippen molar-refractivity contribution in [1.29, 1.82) is 0 Å². The molecule has 1 heterocycles. The number of aromatic nitrogens is 1. The molecule has 1 amide bonds. The summed E-state index contributed by atoms with van der Waals surface area (Å²) in [6.07, 6.45) is 1.72. The summed E-state index contributed by atoms with van der Waals surface area (Å²) in [5.41, 5.74) is 1.10. The average Bonchev–Trinajstić information content (AvgIpc) is 2.72. The van der Waals surface area contributed by atoms with Crippen molar-refractivity contribution in [2.45, 2.75) is 13.8 Å². The number of carbonyl (C=O) groups excluding carboxylic acids is 1. The summed E-state index contributed by atoms with van der Waals surface area (Å²) in [5, 5.41) is 3.29. The van der Waals surface area contributed by atoms with Gasteiger partial charge in [0.15, 0.2) is 11.7 Å². The third kappa shape index (κ3) is 3.56. The summed E-state index contributed by atoms with van der Waals surface area (Å²) in [7, 11) is 0. The second-order valence-electron chi connectivity index (χ2n) is 3.93. The Kier molecular flexibility index (Phi) is 3.94. The Labute approximate surface area is 110 Å². The van der Waals surface area contributed by atoms with Crippen molar-refractivity contribution in [1.82, 2.24) is 4.98 Å². The fraction of sp³-hybridized carbons (Fsp3) is 0.231. The molecule has 0 fully saturated rings. The number of nitrogens with zero attached hydrogens (tertiary/aromatic N) is 1. The molecule has 1 aromatic carbocycles. The molecule has 94 valence electrons. The molecule has 2 rings (SSSR count). The van der Waals surface area contributed by atoms with Gasteiger partial charge in [-0.1, -0.05) is 12.1 Å². The minimum atomic E-state index is -0.203. The van der Waals surface area contributed by atoms with E-state index in [1.807, 2.05) is 38.1 Å². The van der Waals surface area contributed by atoms with Gasteiger partial charge in [-0.3, -0.25) is 10.1 Å². The van der Waals surface area contributed by atoms with Crippen molar-refractivity contribution in [2.24, 2.45) is 0 Å². The zero-order valence-corrected chi connectivity index (χ0v) is 11.1. The number of hydrogen-bond acceptors (Lipinski definition) is 4. The first-order chi connectivity index (χ1) is 8.63. The molecule has 0 saturated heterocycles. The van der Waals surface area contributed by atoms with Crippen molar-refractivity contribution in [3.63, 3.8) is 0 Å². The minimum Gasteiger partial charge on any atom is -0.484 e. The van der Waals surface area contributed by atoms with Crippen molar-refractivity contribution in [2.75, 3.05) is 11.9 Å². The van der Waals surface area contributed by atoms with Crippen LogP contribution >= 0.6 is 11.3 Å². The molecule has 1 N–H and O–H groups in total. The third-order valence-corrected chi connectivity index (χ3v) is 3.06. The van der Waals surface area contributed by atoms with Crippen LogP contribution in [0.2, 0.25) is 0 Å². The quantitative estimate of drug-likeness (QED) is 0.921. The third-order valence-electron chi connectivity index (χ3n) is 2.23. The van der Waals surface area contributed by atoms with Crippen LogP contribution in [0.25, 0.3) is 0 Å². The van der Waals surface area contributed by atoms with Crippen LogP contribution in [0.5, 0.6) is 5.75 Å². The molecule has 4 nitrogen and oxygen atoms in total. The van der Waals surface area contributed by atoms with E-state index in [1.165, 1.54) is 11.3 Å². The van der Waals surface area contributed by atoms with E-state index in [4.69, 9.17) is 4.74 Å². The van der Waals surface area contributed by atoms with Crippen LogP contribution in [-0.2, 0) is 4.79 Å². The van der Waals surface area contributed by atoms with Crippen LogP contribution < -0.4 is 10.1 Å². The maximum absolute atomic E-state index is 11.6. The smallest absolute Gasteiger partial charge is 0.264 e. The fourth-order valence-electron chi connectivity index (χ4n) is 1.42. The Hall–Kier alpha value is -1.88. The SMILES string of the molecule is Cc1cccc(OCC(=O)Nc2ncc(C)s2)c1. The second-order valence-corrected chi connectivity index (χ2v) is 5.16. The molecule has 0 spiro atoms. The molecule has 18 heavy (non-hydrogen) atoms. The molecule has 0 radical (unpaired) electrons. The molecule has 0 bridgehead atoms. The van der Waals surface area contributed by atoms with E-state index in [1.54, 1.807) is 6.20 Å². The van der Waals surface area contributed by atoms with Crippen molar-refractivity contribution < 1.29 is 9.53 Å². The normalized spacial score (nSPS) is 10.1. The highest BCUT2D eigenvalue weighted by Gasteiger charge is 2.06. The lowest BCUT2D eigenvalue weighted by Gasteiger charge is -2.06. The zero-order valence-electron chi connectivity index (χ0n) is 10.3. The molecule has 0 aliphatic rings. The first-order valence-corrected chi connectivity index (χ1v) is 6.37. The molecule has 0 aliphatic carbocycles. The molecule has 0 atom stereocenters. The number of aryl methyl sites for hydroxylation is 2. The lowest BCUT2D eigenvalue weighted by atomic mass is 10.2. The fourth-order valence-corrected chi connectivity index (χ4v) is 2.10. The van der Waals surface area contributed by atoms with Crippen molar-refractivity contribution in [3.8, 4) is 5.75 Å². The van der Waals surface area contributed by atoms with Crippen LogP contribution in [0.1, 0.15) is 10.4 Å². The molecular formula is C13H14N2O2S. The largest absolute Gasteiger partial charge is 0.484 e. The number of thiazole rings is 1. The maximum Gasteiger partial charge on any atom is 0.264 e. The number of rotatable bonds is 4. The van der Waals surface area contributed by atoms with Crippen LogP contribution in [-0.4, -0.2) is 17.5 Å². The van der Waals surface area contributed by atoms with E-state index >= 15 is 0 Å². The molecule has 5 heteroatoms. The predicted molar refractivity (Wildman–Crippen MR) is 72.2 cm³/mol. The number of ether oxygens (including phenoxy) is 1. The van der Waals surface area contributed by atoms with Crippen molar-refractivity contribution in [3.05, 3.63) is 40.9 Å². The summed E-state index contributed by atoms with van der Waals surface area (Å²) in [4.78, 5) is 16.7. The number of nitrogens with one attached hydrogen (secondary N) is 1. The van der Waals surface area contributed by atoms with Crippen LogP contribution in [0, 0.1) is 13.8 Å². The Morgan fingerprint density at radius 2 is 2.28 bits per heavy atom. The minimum absolute atomic E-state index is 0.0118. The first kappa shape index (κ1) is 12.6. The number of hydrogen-bond donors (Lipinski definition) is 1. The van der Waals surface area contributed by atoms with Gasteiger partial charge in [0.25, 0.3) is 5.91 Å². The van der Waals surface area contributed by atoms with Gasteiger partial charge in [-0.2, -0.15) is 0 Å². The van der Waals surface area contributed by atoms with E-state index < -0.39 is 0 Å². The van der Waals surface area contributed by atoms with E-state index in [2.05, 4.69) is 10.3 Å². The molecule has 0 aliphatic heterocycles. The molecule has 2 aromatic rings. The summed E-state index contributed by atoms with van der Waals surface area (Å²) in [6.45, 7) is 3.91. The summed E-state index contributed by atoms with van der Waals surface area (Å²) in [5.74, 6) is 0.492. The molecule has 0 unspecified atom stereocenters. The Morgan fingerprint density at radius 1 is 1.44 bits per heavy atom. The Balaban J connectivity index is 1.85. The van der Waals surface area contributed by atoms with Gasteiger partial charge in [-0.15, -0.1) is 11.3 Å². The number of amides is 1. The second kappa shape index (κ2) is 5.64. The van der Waals surface area contributed by atoms with Gasteiger partial charge < -0.3 is 4.74 Å². The molecular weight excluding hydrogens is 248 g/mol. The van der Waals surface area contributed by atoms with E-state index in [-0.39, 0.29) is 12.5 Å². The summed E-state index contributed by atoms with van der Waals surface area (Å²) < 4.78 is 5.39. The number of carbonyl (C=O) groups is 1. The van der Waals surface area contributed by atoms with Crippen molar-refractivity contribution >= 4 is 22.4 Å². The maximum atomic E-state index is 11.6. The summed E-state index contributed by atoms with van der Waals surface area (Å²) in [6, 6.07) is 7.59. The Bertz CT molecular complexity index is 551. The van der Waals surface area contributed by atoms with Gasteiger partial charge in [0.05, 0.1) is 0 Å². The van der Waals surface area contributed by atoms with Gasteiger partial charge in [0.2, 0.25) is 0 Å². The first-order valence-electron chi connectivity index (χ1n) is 5.55. The monoisotopic (exact) mass is 262 g/mol. The average molecular weight is 262 g/mol. The highest BCUT2D eigenvalue weighted by molar-refractivity contribution is 7.15. The van der Waals surface area contributed by atoms with Gasteiger partial charge in [0.1, 0.15) is 5.75 Å². The van der Waals surface area contributed by atoms with Gasteiger partial charge in [-0.25, -0.2) is 4.98 Å². The molecule has 1 aromatic heterocycles. The lowest BCUT2D eigenvalue weighted by molar-refractivity contribution is -0.118.